The average Bonchev–Trinajstić information content (AvgIpc) is 3.15. The molecule has 0 spiro atoms. The zero-order valence-electron chi connectivity index (χ0n) is 14.9. The summed E-state index contributed by atoms with van der Waals surface area (Å²) in [6.07, 6.45) is 2.52. The van der Waals surface area contributed by atoms with Crippen LogP contribution in [0, 0.1) is 0 Å². The smallest absolute Gasteiger partial charge is 0.322 e. The van der Waals surface area contributed by atoms with Crippen molar-refractivity contribution in [1.29, 1.82) is 0 Å². The number of aromatic nitrogens is 2. The average molecular weight is 397 g/mol. The fraction of sp³-hybridized carbons (Fsp3) is 0.467. The lowest BCUT2D eigenvalue weighted by Gasteiger charge is -2.22. The number of aliphatic carboxylic acids is 1. The summed E-state index contributed by atoms with van der Waals surface area (Å²) in [5, 5.41) is 15.6. The van der Waals surface area contributed by atoms with Gasteiger partial charge in [-0.05, 0) is 6.42 Å². The van der Waals surface area contributed by atoms with Crippen molar-refractivity contribution in [3.63, 3.8) is 0 Å². The van der Waals surface area contributed by atoms with Gasteiger partial charge in [0.2, 0.25) is 23.6 Å². The molecule has 13 heteroatoms. The molecule has 0 aromatic carbocycles. The van der Waals surface area contributed by atoms with Crippen molar-refractivity contribution in [2.75, 3.05) is 13.1 Å². The molecule has 1 aromatic heterocycles. The third kappa shape index (κ3) is 8.27. The number of rotatable bonds is 12. The standard InChI is InChI=1S/C15H23N7O6/c16-4-12(24)21-9(1-2-11(17)23)15(28)22-10(3-8-5-18-7-20-8)14(27)19-6-13(25)26/h5,7,9-10H,1-4,6,16H2,(H2,17,23)(H,18,20)(H,19,27)(H,21,24)(H,22,28)(H,25,26). The van der Waals surface area contributed by atoms with Crippen LogP contribution in [0.15, 0.2) is 12.5 Å². The molecule has 154 valence electrons. The molecule has 0 aliphatic carbocycles. The second kappa shape index (κ2) is 11.3. The fourth-order valence-electron chi connectivity index (χ4n) is 2.19. The van der Waals surface area contributed by atoms with Crippen LogP contribution in [0.5, 0.6) is 0 Å². The predicted octanol–water partition coefficient (Wildman–Crippen LogP) is -3.65. The van der Waals surface area contributed by atoms with Gasteiger partial charge in [-0.15, -0.1) is 0 Å². The first-order chi connectivity index (χ1) is 13.2. The van der Waals surface area contributed by atoms with Gasteiger partial charge in [-0.3, -0.25) is 24.0 Å². The van der Waals surface area contributed by atoms with Crippen molar-refractivity contribution in [2.45, 2.75) is 31.3 Å². The van der Waals surface area contributed by atoms with Gasteiger partial charge >= 0.3 is 5.97 Å². The molecule has 0 fully saturated rings. The molecule has 13 nitrogen and oxygen atoms in total. The predicted molar refractivity (Wildman–Crippen MR) is 94.3 cm³/mol. The molecule has 1 rings (SSSR count). The van der Waals surface area contributed by atoms with Gasteiger partial charge < -0.3 is 37.5 Å². The maximum absolute atomic E-state index is 12.5. The number of carboxylic acids is 1. The maximum atomic E-state index is 12.5. The van der Waals surface area contributed by atoms with Crippen LogP contribution in [0.1, 0.15) is 18.5 Å². The number of hydrogen-bond donors (Lipinski definition) is 7. The third-order valence-corrected chi connectivity index (χ3v) is 3.54. The molecule has 4 amide bonds. The van der Waals surface area contributed by atoms with E-state index in [1.54, 1.807) is 0 Å². The second-order valence-electron chi connectivity index (χ2n) is 5.78. The molecule has 0 saturated carbocycles. The summed E-state index contributed by atoms with van der Waals surface area (Å²) in [4.78, 5) is 64.6. The molecule has 2 atom stereocenters. The first-order valence-electron chi connectivity index (χ1n) is 8.27. The highest BCUT2D eigenvalue weighted by Crippen LogP contribution is 2.03. The van der Waals surface area contributed by atoms with E-state index in [0.717, 1.165) is 0 Å². The first-order valence-corrected chi connectivity index (χ1v) is 8.27. The molecular weight excluding hydrogens is 374 g/mol. The summed E-state index contributed by atoms with van der Waals surface area (Å²) in [5.74, 6) is -4.06. The van der Waals surface area contributed by atoms with Gasteiger partial charge in [0.15, 0.2) is 0 Å². The van der Waals surface area contributed by atoms with Gasteiger partial charge in [-0.1, -0.05) is 0 Å². The minimum absolute atomic E-state index is 0.00936. The number of aromatic amines is 1. The van der Waals surface area contributed by atoms with Crippen molar-refractivity contribution in [3.05, 3.63) is 18.2 Å². The number of carboxylic acid groups (broad SMARTS) is 1. The highest BCUT2D eigenvalue weighted by Gasteiger charge is 2.27. The lowest BCUT2D eigenvalue weighted by atomic mass is 10.1. The van der Waals surface area contributed by atoms with Crippen molar-refractivity contribution in [1.82, 2.24) is 25.9 Å². The quantitative estimate of drug-likeness (QED) is 0.186. The van der Waals surface area contributed by atoms with Gasteiger partial charge in [0.05, 0.1) is 12.9 Å². The van der Waals surface area contributed by atoms with Gasteiger partial charge in [0.1, 0.15) is 18.6 Å². The molecule has 1 heterocycles. The summed E-state index contributed by atoms with van der Waals surface area (Å²) in [7, 11) is 0. The van der Waals surface area contributed by atoms with E-state index in [2.05, 4.69) is 25.9 Å². The topological polar surface area (TPSA) is 222 Å². The van der Waals surface area contributed by atoms with Crippen LogP contribution in [0.25, 0.3) is 0 Å². The minimum Gasteiger partial charge on any atom is -0.480 e. The Balaban J connectivity index is 2.88. The Morgan fingerprint density at radius 3 is 2.39 bits per heavy atom. The summed E-state index contributed by atoms with van der Waals surface area (Å²) >= 11 is 0. The number of nitrogens with one attached hydrogen (secondary N) is 4. The van der Waals surface area contributed by atoms with E-state index in [1.165, 1.54) is 12.5 Å². The monoisotopic (exact) mass is 397 g/mol. The lowest BCUT2D eigenvalue weighted by Crippen LogP contribution is -2.55. The molecule has 0 bridgehead atoms. The van der Waals surface area contributed by atoms with Crippen molar-refractivity contribution < 1.29 is 29.1 Å². The van der Waals surface area contributed by atoms with Crippen LogP contribution in [0.4, 0.5) is 0 Å². The summed E-state index contributed by atoms with van der Waals surface area (Å²) in [6, 6.07) is -2.31. The van der Waals surface area contributed by atoms with E-state index in [9.17, 15) is 24.0 Å². The fourth-order valence-corrected chi connectivity index (χ4v) is 2.19. The van der Waals surface area contributed by atoms with Crippen LogP contribution < -0.4 is 27.4 Å². The normalized spacial score (nSPS) is 12.5. The zero-order chi connectivity index (χ0) is 21.1. The molecule has 1 aromatic rings. The summed E-state index contributed by atoms with van der Waals surface area (Å²) in [5.41, 5.74) is 10.8. The Morgan fingerprint density at radius 2 is 1.86 bits per heavy atom. The number of hydrogen-bond acceptors (Lipinski definition) is 7. The molecule has 9 N–H and O–H groups in total. The molecule has 0 saturated heterocycles. The third-order valence-electron chi connectivity index (χ3n) is 3.54. The molecule has 0 aliphatic rings. The van der Waals surface area contributed by atoms with E-state index >= 15 is 0 Å². The zero-order valence-corrected chi connectivity index (χ0v) is 14.9. The Morgan fingerprint density at radius 1 is 1.14 bits per heavy atom. The Kier molecular flexibility index (Phi) is 9.09. The van der Waals surface area contributed by atoms with Gasteiger partial charge in [0.25, 0.3) is 0 Å². The van der Waals surface area contributed by atoms with Crippen LogP contribution in [0.3, 0.4) is 0 Å². The number of imidazole rings is 1. The van der Waals surface area contributed by atoms with E-state index in [4.69, 9.17) is 16.6 Å². The number of H-pyrrole nitrogens is 1. The molecule has 0 radical (unpaired) electrons. The van der Waals surface area contributed by atoms with E-state index in [0.29, 0.717) is 5.69 Å². The molecule has 2 unspecified atom stereocenters. The van der Waals surface area contributed by atoms with Crippen LogP contribution in [-0.4, -0.2) is 69.8 Å². The maximum Gasteiger partial charge on any atom is 0.322 e. The van der Waals surface area contributed by atoms with E-state index in [-0.39, 0.29) is 25.8 Å². The number of carbonyl (C=O) groups is 5. The number of nitrogens with two attached hydrogens (primary N) is 2. The molecule has 28 heavy (non-hydrogen) atoms. The minimum atomic E-state index is -1.26. The summed E-state index contributed by atoms with van der Waals surface area (Å²) in [6.45, 7) is -1.01. The lowest BCUT2D eigenvalue weighted by molar-refractivity contribution is -0.138. The van der Waals surface area contributed by atoms with E-state index in [1.807, 2.05) is 0 Å². The van der Waals surface area contributed by atoms with E-state index < -0.39 is 48.2 Å². The number of carbonyl (C=O) groups excluding carboxylic acids is 4. The Bertz CT molecular complexity index is 706. The van der Waals surface area contributed by atoms with Crippen molar-refractivity contribution >= 4 is 29.6 Å². The second-order valence-corrected chi connectivity index (χ2v) is 5.78. The largest absolute Gasteiger partial charge is 0.480 e. The highest BCUT2D eigenvalue weighted by atomic mass is 16.4. The number of amides is 4. The van der Waals surface area contributed by atoms with Crippen LogP contribution in [0.2, 0.25) is 0 Å². The SMILES string of the molecule is NCC(=O)NC(CCC(N)=O)C(=O)NC(Cc1cnc[nH]1)C(=O)NCC(=O)O. The highest BCUT2D eigenvalue weighted by molar-refractivity contribution is 5.93. The Hall–Kier alpha value is -3.48. The summed E-state index contributed by atoms with van der Waals surface area (Å²) < 4.78 is 0. The van der Waals surface area contributed by atoms with Gasteiger partial charge in [0, 0.05) is 24.7 Å². The van der Waals surface area contributed by atoms with Crippen molar-refractivity contribution in [3.8, 4) is 0 Å². The van der Waals surface area contributed by atoms with Gasteiger partial charge in [-0.2, -0.15) is 0 Å². The van der Waals surface area contributed by atoms with Crippen LogP contribution >= 0.6 is 0 Å². The number of nitrogens with zero attached hydrogens (tertiary/aromatic N) is 1. The molecular formula is C15H23N7O6. The van der Waals surface area contributed by atoms with Crippen molar-refractivity contribution in [2.24, 2.45) is 11.5 Å². The molecule has 0 aliphatic heterocycles. The first kappa shape index (κ1) is 22.6. The number of primary amides is 1. The Labute approximate surface area is 159 Å². The van der Waals surface area contributed by atoms with Gasteiger partial charge in [-0.25, -0.2) is 4.98 Å². The van der Waals surface area contributed by atoms with Crippen LogP contribution in [-0.2, 0) is 30.4 Å².